The Bertz CT molecular complexity index is 481. The number of aliphatic hydroxyl groups excluding tert-OH is 1. The summed E-state index contributed by atoms with van der Waals surface area (Å²) in [6, 6.07) is 7.91. The number of hydrogen-bond acceptors (Lipinski definition) is 3. The summed E-state index contributed by atoms with van der Waals surface area (Å²) < 4.78 is 7.37. The van der Waals surface area contributed by atoms with Gasteiger partial charge < -0.3 is 14.4 Å². The molecule has 0 aliphatic carbocycles. The van der Waals surface area contributed by atoms with Gasteiger partial charge in [-0.05, 0) is 18.6 Å². The Labute approximate surface area is 107 Å². The molecule has 0 amide bonds. The molecule has 4 heteroatoms. The maximum atomic E-state index is 9.91. The lowest BCUT2D eigenvalue weighted by molar-refractivity contribution is 0.0276. The minimum Gasteiger partial charge on any atom is -0.389 e. The van der Waals surface area contributed by atoms with E-state index in [1.165, 1.54) is 0 Å². The van der Waals surface area contributed by atoms with Gasteiger partial charge in [-0.3, -0.25) is 0 Å². The summed E-state index contributed by atoms with van der Waals surface area (Å²) in [5, 5.41) is 9.91. The monoisotopic (exact) mass is 248 g/mol. The van der Waals surface area contributed by atoms with Crippen LogP contribution < -0.4 is 0 Å². The van der Waals surface area contributed by atoms with Crippen molar-refractivity contribution in [2.45, 2.75) is 32.4 Å². The Hall–Kier alpha value is -1.39. The van der Waals surface area contributed by atoms with E-state index in [9.17, 15) is 5.11 Å². The molecule has 0 bridgehead atoms. The molecule has 4 nitrogen and oxygen atoms in total. The second-order valence-corrected chi connectivity index (χ2v) is 4.47. The zero-order valence-electron chi connectivity index (χ0n) is 10.7. The number of rotatable bonds is 7. The number of ether oxygens (including phenoxy) is 1. The van der Waals surface area contributed by atoms with Gasteiger partial charge in [0.05, 0.1) is 36.6 Å². The summed E-state index contributed by atoms with van der Waals surface area (Å²) in [6.07, 6.45) is 3.43. The summed E-state index contributed by atoms with van der Waals surface area (Å²) in [7, 11) is 0. The first kappa shape index (κ1) is 13.1. The van der Waals surface area contributed by atoms with Gasteiger partial charge in [0.2, 0.25) is 0 Å². The maximum absolute atomic E-state index is 9.91. The molecule has 0 saturated heterocycles. The highest BCUT2D eigenvalue weighted by Crippen LogP contribution is 2.12. The van der Waals surface area contributed by atoms with Gasteiger partial charge in [-0.25, -0.2) is 4.98 Å². The third kappa shape index (κ3) is 3.31. The largest absolute Gasteiger partial charge is 0.389 e. The third-order valence-electron chi connectivity index (χ3n) is 2.89. The maximum Gasteiger partial charge on any atom is 0.0959 e. The SMILES string of the molecule is CCCCOC[C@H](O)Cn1cnc2ccccc21. The Morgan fingerprint density at radius 1 is 1.39 bits per heavy atom. The quantitative estimate of drug-likeness (QED) is 0.764. The number of fused-ring (bicyclic) bond motifs is 1. The molecule has 1 heterocycles. The molecule has 2 aromatic rings. The van der Waals surface area contributed by atoms with E-state index in [4.69, 9.17) is 4.74 Å². The van der Waals surface area contributed by atoms with E-state index < -0.39 is 6.10 Å². The van der Waals surface area contributed by atoms with Crippen LogP contribution in [0.2, 0.25) is 0 Å². The molecule has 18 heavy (non-hydrogen) atoms. The Kier molecular flexibility index (Phi) is 4.73. The van der Waals surface area contributed by atoms with Gasteiger partial charge in [-0.2, -0.15) is 0 Å². The van der Waals surface area contributed by atoms with E-state index >= 15 is 0 Å². The molecule has 1 N–H and O–H groups in total. The number of unbranched alkanes of at least 4 members (excludes halogenated alkanes) is 1. The van der Waals surface area contributed by atoms with Gasteiger partial charge in [0.15, 0.2) is 0 Å². The molecular weight excluding hydrogens is 228 g/mol. The number of nitrogens with zero attached hydrogens (tertiary/aromatic N) is 2. The van der Waals surface area contributed by atoms with Gasteiger partial charge in [-0.1, -0.05) is 25.5 Å². The van der Waals surface area contributed by atoms with Crippen molar-refractivity contribution < 1.29 is 9.84 Å². The highest BCUT2D eigenvalue weighted by molar-refractivity contribution is 5.74. The molecule has 0 radical (unpaired) electrons. The van der Waals surface area contributed by atoms with Gasteiger partial charge in [0.1, 0.15) is 0 Å². The predicted octanol–water partition coefficient (Wildman–Crippen LogP) is 2.21. The first-order valence-electron chi connectivity index (χ1n) is 6.47. The average Bonchev–Trinajstić information content (AvgIpc) is 2.78. The van der Waals surface area contributed by atoms with Crippen LogP contribution in [0.5, 0.6) is 0 Å². The third-order valence-corrected chi connectivity index (χ3v) is 2.89. The van der Waals surface area contributed by atoms with Gasteiger partial charge in [0, 0.05) is 6.61 Å². The summed E-state index contributed by atoms with van der Waals surface area (Å²) in [4.78, 5) is 4.29. The van der Waals surface area contributed by atoms with Crippen molar-refractivity contribution >= 4 is 11.0 Å². The molecule has 0 fully saturated rings. The van der Waals surface area contributed by atoms with Crippen LogP contribution in [-0.4, -0.2) is 34.0 Å². The van der Waals surface area contributed by atoms with Crippen LogP contribution in [0, 0.1) is 0 Å². The normalized spacial score (nSPS) is 13.0. The summed E-state index contributed by atoms with van der Waals surface area (Å²) in [6.45, 7) is 3.74. The zero-order valence-corrected chi connectivity index (χ0v) is 10.7. The van der Waals surface area contributed by atoms with Crippen LogP contribution in [0.4, 0.5) is 0 Å². The van der Waals surface area contributed by atoms with Crippen molar-refractivity contribution in [1.29, 1.82) is 0 Å². The molecule has 1 aromatic heterocycles. The van der Waals surface area contributed by atoms with E-state index in [-0.39, 0.29) is 0 Å². The first-order chi connectivity index (χ1) is 8.81. The Morgan fingerprint density at radius 3 is 3.06 bits per heavy atom. The molecule has 98 valence electrons. The lowest BCUT2D eigenvalue weighted by Crippen LogP contribution is -2.21. The van der Waals surface area contributed by atoms with E-state index in [0.717, 1.165) is 30.5 Å². The Balaban J connectivity index is 1.88. The van der Waals surface area contributed by atoms with E-state index in [2.05, 4.69) is 11.9 Å². The fraction of sp³-hybridized carbons (Fsp3) is 0.500. The zero-order chi connectivity index (χ0) is 12.8. The highest BCUT2D eigenvalue weighted by atomic mass is 16.5. The van der Waals surface area contributed by atoms with E-state index in [0.29, 0.717) is 13.2 Å². The average molecular weight is 248 g/mol. The Morgan fingerprint density at radius 2 is 2.22 bits per heavy atom. The van der Waals surface area contributed by atoms with Crippen LogP contribution in [0.15, 0.2) is 30.6 Å². The molecule has 2 rings (SSSR count). The molecule has 1 aromatic carbocycles. The predicted molar refractivity (Wildman–Crippen MR) is 71.5 cm³/mol. The number of aliphatic hydroxyl groups is 1. The number of benzene rings is 1. The van der Waals surface area contributed by atoms with Crippen LogP contribution in [0.1, 0.15) is 19.8 Å². The van der Waals surface area contributed by atoms with E-state index in [1.807, 2.05) is 28.8 Å². The van der Waals surface area contributed by atoms with Crippen molar-refractivity contribution in [3.05, 3.63) is 30.6 Å². The summed E-state index contributed by atoms with van der Waals surface area (Å²) in [5.74, 6) is 0. The van der Waals surface area contributed by atoms with E-state index in [1.54, 1.807) is 6.33 Å². The van der Waals surface area contributed by atoms with Crippen molar-refractivity contribution in [1.82, 2.24) is 9.55 Å². The van der Waals surface area contributed by atoms with Crippen LogP contribution in [0.25, 0.3) is 11.0 Å². The molecule has 0 aliphatic heterocycles. The van der Waals surface area contributed by atoms with Crippen LogP contribution in [-0.2, 0) is 11.3 Å². The molecule has 0 aliphatic rings. The topological polar surface area (TPSA) is 47.3 Å². The number of imidazole rings is 1. The molecular formula is C14H20N2O2. The smallest absolute Gasteiger partial charge is 0.0959 e. The number of aromatic nitrogens is 2. The molecule has 0 unspecified atom stereocenters. The molecule has 1 atom stereocenters. The molecule has 0 spiro atoms. The van der Waals surface area contributed by atoms with Crippen molar-refractivity contribution in [2.24, 2.45) is 0 Å². The van der Waals surface area contributed by atoms with Gasteiger partial charge in [-0.15, -0.1) is 0 Å². The minimum atomic E-state index is -0.487. The number of hydrogen-bond donors (Lipinski definition) is 1. The van der Waals surface area contributed by atoms with Crippen molar-refractivity contribution in [2.75, 3.05) is 13.2 Å². The fourth-order valence-corrected chi connectivity index (χ4v) is 1.90. The second-order valence-electron chi connectivity index (χ2n) is 4.47. The highest BCUT2D eigenvalue weighted by Gasteiger charge is 2.08. The number of para-hydroxylation sites is 2. The summed E-state index contributed by atoms with van der Waals surface area (Å²) >= 11 is 0. The minimum absolute atomic E-state index is 0.381. The first-order valence-corrected chi connectivity index (χ1v) is 6.47. The van der Waals surface area contributed by atoms with Gasteiger partial charge in [0.25, 0.3) is 0 Å². The fourth-order valence-electron chi connectivity index (χ4n) is 1.90. The second kappa shape index (κ2) is 6.52. The summed E-state index contributed by atoms with van der Waals surface area (Å²) in [5.41, 5.74) is 2.00. The van der Waals surface area contributed by atoms with Crippen LogP contribution in [0.3, 0.4) is 0 Å². The standard InChI is InChI=1S/C14H20N2O2/c1-2-3-8-18-10-12(17)9-16-11-15-13-6-4-5-7-14(13)16/h4-7,11-12,17H,2-3,8-10H2,1H3/t12-/m1/s1. The molecule has 0 saturated carbocycles. The van der Waals surface area contributed by atoms with Crippen molar-refractivity contribution in [3.63, 3.8) is 0 Å². The van der Waals surface area contributed by atoms with Crippen LogP contribution >= 0.6 is 0 Å². The lowest BCUT2D eigenvalue weighted by Gasteiger charge is -2.12. The van der Waals surface area contributed by atoms with Crippen molar-refractivity contribution in [3.8, 4) is 0 Å². The lowest BCUT2D eigenvalue weighted by atomic mass is 10.3. The van der Waals surface area contributed by atoms with Gasteiger partial charge >= 0.3 is 0 Å².